The summed E-state index contributed by atoms with van der Waals surface area (Å²) in [6.45, 7) is 3.28. The zero-order valence-electron chi connectivity index (χ0n) is 8.02. The molecule has 1 N–H and O–H groups in total. The number of hydrogen-bond donors (Lipinski definition) is 1. The fourth-order valence-electron chi connectivity index (χ4n) is 1.67. The maximum atomic E-state index is 13.3. The fourth-order valence-corrected chi connectivity index (χ4v) is 1.67. The summed E-state index contributed by atoms with van der Waals surface area (Å²) in [5, 5.41) is 0.773. The zero-order chi connectivity index (χ0) is 10.3. The molecule has 0 radical (unpaired) electrons. The number of aromatic amines is 1. The van der Waals surface area contributed by atoms with Crippen LogP contribution in [-0.4, -0.2) is 10.8 Å². The van der Waals surface area contributed by atoms with E-state index in [0.29, 0.717) is 11.2 Å². The van der Waals surface area contributed by atoms with E-state index >= 15 is 0 Å². The van der Waals surface area contributed by atoms with E-state index in [1.807, 2.05) is 6.92 Å². The van der Waals surface area contributed by atoms with Crippen LogP contribution in [0.1, 0.15) is 23.0 Å². The third-order valence-corrected chi connectivity index (χ3v) is 2.39. The van der Waals surface area contributed by atoms with Gasteiger partial charge in [-0.05, 0) is 18.6 Å². The lowest BCUT2D eigenvalue weighted by Crippen LogP contribution is -1.93. The Balaban J connectivity index is 2.86. The van der Waals surface area contributed by atoms with E-state index in [2.05, 4.69) is 4.98 Å². The molecule has 0 bridgehead atoms. The number of Topliss-reactive ketones (excluding diaryl/α,β-unsaturated/α-hetero) is 1. The summed E-state index contributed by atoms with van der Waals surface area (Å²) in [5.41, 5.74) is 1.72. The Morgan fingerprint density at radius 1 is 1.43 bits per heavy atom. The van der Waals surface area contributed by atoms with Gasteiger partial charge in [-0.25, -0.2) is 4.39 Å². The molecule has 2 nitrogen and oxygen atoms in total. The summed E-state index contributed by atoms with van der Waals surface area (Å²) in [4.78, 5) is 14.0. The van der Waals surface area contributed by atoms with Crippen molar-refractivity contribution in [1.82, 2.24) is 4.98 Å². The SMILES string of the molecule is CC(=O)c1[nH]c2c(F)cccc2c1C. The molecule has 2 aromatic rings. The van der Waals surface area contributed by atoms with Gasteiger partial charge in [0, 0.05) is 12.3 Å². The van der Waals surface area contributed by atoms with Crippen molar-refractivity contribution in [3.8, 4) is 0 Å². The standard InChI is InChI=1S/C11H10FNO/c1-6-8-4-3-5-9(12)11(8)13-10(6)7(2)14/h3-5,13H,1-2H3. The first-order valence-corrected chi connectivity index (χ1v) is 4.39. The van der Waals surface area contributed by atoms with Crippen molar-refractivity contribution in [3.63, 3.8) is 0 Å². The molecule has 0 aliphatic heterocycles. The van der Waals surface area contributed by atoms with Crippen LogP contribution >= 0.6 is 0 Å². The van der Waals surface area contributed by atoms with Crippen LogP contribution in [0.5, 0.6) is 0 Å². The number of H-pyrrole nitrogens is 1. The van der Waals surface area contributed by atoms with Crippen molar-refractivity contribution in [1.29, 1.82) is 0 Å². The van der Waals surface area contributed by atoms with Crippen molar-refractivity contribution in [3.05, 3.63) is 35.3 Å². The molecule has 0 saturated carbocycles. The molecule has 0 fully saturated rings. The van der Waals surface area contributed by atoms with Crippen molar-refractivity contribution >= 4 is 16.7 Å². The number of carbonyl (C=O) groups is 1. The minimum absolute atomic E-state index is 0.0712. The molecular formula is C11H10FNO. The van der Waals surface area contributed by atoms with Crippen LogP contribution in [0.2, 0.25) is 0 Å². The lowest BCUT2D eigenvalue weighted by Gasteiger charge is -1.91. The van der Waals surface area contributed by atoms with Gasteiger partial charge < -0.3 is 4.98 Å². The highest BCUT2D eigenvalue weighted by molar-refractivity contribution is 6.00. The van der Waals surface area contributed by atoms with Gasteiger partial charge in [-0.3, -0.25) is 4.79 Å². The van der Waals surface area contributed by atoms with Crippen LogP contribution < -0.4 is 0 Å². The Bertz CT molecular complexity index is 513. The van der Waals surface area contributed by atoms with E-state index < -0.39 is 0 Å². The van der Waals surface area contributed by atoms with Crippen LogP contribution in [-0.2, 0) is 0 Å². The molecular weight excluding hydrogens is 181 g/mol. The predicted octanol–water partition coefficient (Wildman–Crippen LogP) is 2.82. The van der Waals surface area contributed by atoms with E-state index in [-0.39, 0.29) is 11.6 Å². The Labute approximate surface area is 80.7 Å². The second-order valence-electron chi connectivity index (χ2n) is 3.34. The molecule has 72 valence electrons. The molecule has 1 aromatic heterocycles. The number of hydrogen-bond acceptors (Lipinski definition) is 1. The van der Waals surface area contributed by atoms with E-state index in [9.17, 15) is 9.18 Å². The molecule has 1 heterocycles. The third-order valence-electron chi connectivity index (χ3n) is 2.39. The predicted molar refractivity (Wildman–Crippen MR) is 53.0 cm³/mol. The molecule has 3 heteroatoms. The van der Waals surface area contributed by atoms with Crippen molar-refractivity contribution in [2.45, 2.75) is 13.8 Å². The topological polar surface area (TPSA) is 32.9 Å². The molecule has 2 rings (SSSR count). The molecule has 0 atom stereocenters. The fraction of sp³-hybridized carbons (Fsp3) is 0.182. The molecule has 0 spiro atoms. The van der Waals surface area contributed by atoms with Crippen LogP contribution in [0.15, 0.2) is 18.2 Å². The highest BCUT2D eigenvalue weighted by atomic mass is 19.1. The van der Waals surface area contributed by atoms with Gasteiger partial charge in [0.2, 0.25) is 0 Å². The highest BCUT2D eigenvalue weighted by Gasteiger charge is 2.12. The van der Waals surface area contributed by atoms with Crippen LogP contribution in [0.4, 0.5) is 4.39 Å². The van der Waals surface area contributed by atoms with Gasteiger partial charge in [-0.2, -0.15) is 0 Å². The normalized spacial score (nSPS) is 10.8. The molecule has 0 unspecified atom stereocenters. The average Bonchev–Trinajstić information content (AvgIpc) is 2.46. The van der Waals surface area contributed by atoms with Gasteiger partial charge in [0.15, 0.2) is 5.78 Å². The van der Waals surface area contributed by atoms with Gasteiger partial charge in [0.05, 0.1) is 11.2 Å². The van der Waals surface area contributed by atoms with Crippen LogP contribution in [0.3, 0.4) is 0 Å². The van der Waals surface area contributed by atoms with Gasteiger partial charge in [-0.1, -0.05) is 12.1 Å². The van der Waals surface area contributed by atoms with E-state index in [1.165, 1.54) is 13.0 Å². The number of aromatic nitrogens is 1. The molecule has 14 heavy (non-hydrogen) atoms. The van der Waals surface area contributed by atoms with Gasteiger partial charge in [0.1, 0.15) is 5.82 Å². The summed E-state index contributed by atoms with van der Waals surface area (Å²) in [6.07, 6.45) is 0. The van der Waals surface area contributed by atoms with Gasteiger partial charge >= 0.3 is 0 Å². The van der Waals surface area contributed by atoms with Gasteiger partial charge in [0.25, 0.3) is 0 Å². The zero-order valence-corrected chi connectivity index (χ0v) is 8.02. The van der Waals surface area contributed by atoms with Crippen molar-refractivity contribution in [2.24, 2.45) is 0 Å². The summed E-state index contributed by atoms with van der Waals surface area (Å²) in [7, 11) is 0. The number of benzene rings is 1. The Kier molecular flexibility index (Phi) is 1.88. The molecule has 0 amide bonds. The third kappa shape index (κ3) is 1.13. The maximum Gasteiger partial charge on any atom is 0.176 e. The van der Waals surface area contributed by atoms with Crippen LogP contribution in [0.25, 0.3) is 10.9 Å². The number of fused-ring (bicyclic) bond motifs is 1. The Hall–Kier alpha value is -1.64. The smallest absolute Gasteiger partial charge is 0.176 e. The number of carbonyl (C=O) groups excluding carboxylic acids is 1. The Morgan fingerprint density at radius 3 is 2.71 bits per heavy atom. The number of aryl methyl sites for hydroxylation is 1. The second-order valence-corrected chi connectivity index (χ2v) is 3.34. The lowest BCUT2D eigenvalue weighted by atomic mass is 10.1. The Morgan fingerprint density at radius 2 is 2.14 bits per heavy atom. The summed E-state index contributed by atoms with van der Waals surface area (Å²) in [5.74, 6) is -0.392. The minimum Gasteiger partial charge on any atom is -0.350 e. The number of nitrogens with one attached hydrogen (secondary N) is 1. The van der Waals surface area contributed by atoms with E-state index in [4.69, 9.17) is 0 Å². The molecule has 0 aliphatic carbocycles. The summed E-state index contributed by atoms with van der Waals surface area (Å²) in [6, 6.07) is 4.82. The molecule has 1 aromatic carbocycles. The number of halogens is 1. The summed E-state index contributed by atoms with van der Waals surface area (Å²) >= 11 is 0. The number of para-hydroxylation sites is 1. The molecule has 0 saturated heterocycles. The first-order chi connectivity index (χ1) is 6.61. The largest absolute Gasteiger partial charge is 0.350 e. The van der Waals surface area contributed by atoms with Crippen molar-refractivity contribution < 1.29 is 9.18 Å². The quantitative estimate of drug-likeness (QED) is 0.691. The first kappa shape index (κ1) is 8.94. The van der Waals surface area contributed by atoms with Crippen LogP contribution in [0, 0.1) is 12.7 Å². The maximum absolute atomic E-state index is 13.3. The number of ketones is 1. The lowest BCUT2D eigenvalue weighted by molar-refractivity contribution is 0.101. The van der Waals surface area contributed by atoms with Gasteiger partial charge in [-0.15, -0.1) is 0 Å². The van der Waals surface area contributed by atoms with E-state index in [1.54, 1.807) is 12.1 Å². The average molecular weight is 191 g/mol. The number of rotatable bonds is 1. The molecule has 0 aliphatic rings. The minimum atomic E-state index is -0.321. The monoisotopic (exact) mass is 191 g/mol. The second kappa shape index (κ2) is 2.94. The van der Waals surface area contributed by atoms with E-state index in [0.717, 1.165) is 10.9 Å². The van der Waals surface area contributed by atoms with Crippen molar-refractivity contribution in [2.75, 3.05) is 0 Å². The first-order valence-electron chi connectivity index (χ1n) is 4.39. The highest BCUT2D eigenvalue weighted by Crippen LogP contribution is 2.23. The summed E-state index contributed by atoms with van der Waals surface area (Å²) < 4.78 is 13.3.